The van der Waals surface area contributed by atoms with Gasteiger partial charge in [0, 0.05) is 67.1 Å². The van der Waals surface area contributed by atoms with Crippen molar-refractivity contribution in [1.29, 1.82) is 0 Å². The number of rotatable bonds is 10. The van der Waals surface area contributed by atoms with E-state index in [9.17, 15) is 19.8 Å². The Morgan fingerprint density at radius 2 is 1.78 bits per heavy atom. The first-order valence-corrected chi connectivity index (χ1v) is 22.5. The smallest absolute Gasteiger partial charge is 0.243 e. The molecule has 312 valence electrons. The number of nitrogens with one attached hydrogen (secondary N) is 1. The number of aromatic hydroxyl groups is 1. The van der Waals surface area contributed by atoms with E-state index in [4.69, 9.17) is 4.52 Å². The van der Waals surface area contributed by atoms with E-state index < -0.39 is 18.1 Å². The number of anilines is 1. The first-order valence-electron chi connectivity index (χ1n) is 20.8. The second-order valence-corrected chi connectivity index (χ2v) is 18.7. The molecule has 0 spiro atoms. The number of fused-ring (bicyclic) bond motifs is 3. The summed E-state index contributed by atoms with van der Waals surface area (Å²) in [5.74, 6) is 0.0392. The summed E-state index contributed by atoms with van der Waals surface area (Å²) in [5.41, 5.74) is 7.52. The molecule has 60 heavy (non-hydrogen) atoms. The van der Waals surface area contributed by atoms with Gasteiger partial charge in [-0.05, 0) is 73.9 Å². The second-order valence-electron chi connectivity index (χ2n) is 16.7. The average molecular weight is 847 g/mol. The van der Waals surface area contributed by atoms with Crippen LogP contribution in [-0.2, 0) is 22.6 Å². The lowest BCUT2D eigenvalue weighted by atomic mass is 9.91. The quantitative estimate of drug-likeness (QED) is 0.129. The molecule has 3 aliphatic rings. The van der Waals surface area contributed by atoms with E-state index in [2.05, 4.69) is 41.5 Å². The zero-order valence-electron chi connectivity index (χ0n) is 34.2. The van der Waals surface area contributed by atoms with Crippen LogP contribution in [0.5, 0.6) is 5.75 Å². The fraction of sp³-hybridized carbons (Fsp3) is 0.422. The van der Waals surface area contributed by atoms with Crippen LogP contribution in [0.25, 0.3) is 31.9 Å². The van der Waals surface area contributed by atoms with Crippen LogP contribution in [0.3, 0.4) is 0 Å². The zero-order valence-corrected chi connectivity index (χ0v) is 35.9. The van der Waals surface area contributed by atoms with Crippen molar-refractivity contribution in [2.45, 2.75) is 90.1 Å². The SMILES string of the molecule is Cc1ncsc1-c1ccc([C@H](C)NC(=O)[C@@H]2C[C@@H](O)CN2C(=O)[C@@H](c2cc(N3CCC(N4CCc5sc6nnc(-c7ccccc7O)cc6c5C4)CC3)no2)C(C)C)cc1. The number of thiazole rings is 1. The number of thiophene rings is 1. The number of likely N-dealkylation sites (tertiary alicyclic amines) is 1. The van der Waals surface area contributed by atoms with Crippen molar-refractivity contribution >= 4 is 50.5 Å². The maximum atomic E-state index is 14.3. The summed E-state index contributed by atoms with van der Waals surface area (Å²) in [6.45, 7) is 11.4. The Morgan fingerprint density at radius 1 is 1.00 bits per heavy atom. The molecule has 13 nitrogen and oxygen atoms in total. The zero-order chi connectivity index (χ0) is 41.7. The molecule has 3 aliphatic heterocycles. The number of β-amino-alcohol motifs (C(OH)–C–C–N with tert-alkyl or cyclic N) is 1. The summed E-state index contributed by atoms with van der Waals surface area (Å²) in [6.07, 6.45) is 2.26. The van der Waals surface area contributed by atoms with Crippen LogP contribution in [0.15, 0.2) is 70.7 Å². The number of aryl methyl sites for hydroxylation is 1. The van der Waals surface area contributed by atoms with Crippen LogP contribution in [-0.4, -0.2) is 96.5 Å². The van der Waals surface area contributed by atoms with Crippen molar-refractivity contribution in [3.63, 3.8) is 0 Å². The normalized spacial score (nSPS) is 19.8. The first-order chi connectivity index (χ1) is 29.0. The largest absolute Gasteiger partial charge is 0.507 e. The Morgan fingerprint density at radius 3 is 2.52 bits per heavy atom. The van der Waals surface area contributed by atoms with Gasteiger partial charge >= 0.3 is 0 Å². The molecule has 9 rings (SSSR count). The number of para-hydroxylation sites is 1. The number of piperidine rings is 1. The number of hydrogen-bond donors (Lipinski definition) is 3. The minimum atomic E-state index is -0.804. The van der Waals surface area contributed by atoms with Gasteiger partial charge in [-0.25, -0.2) is 4.98 Å². The molecule has 2 aromatic carbocycles. The number of phenols is 1. The van der Waals surface area contributed by atoms with Crippen molar-refractivity contribution in [1.82, 2.24) is 35.5 Å². The topological polar surface area (TPSA) is 161 Å². The Kier molecular flexibility index (Phi) is 11.2. The summed E-state index contributed by atoms with van der Waals surface area (Å²) < 4.78 is 5.93. The van der Waals surface area contributed by atoms with Gasteiger partial charge in [0.2, 0.25) is 11.8 Å². The molecule has 6 aromatic rings. The van der Waals surface area contributed by atoms with E-state index in [1.54, 1.807) is 34.8 Å². The molecule has 4 atom stereocenters. The van der Waals surface area contributed by atoms with Crippen molar-refractivity contribution in [3.05, 3.63) is 93.6 Å². The summed E-state index contributed by atoms with van der Waals surface area (Å²) in [5, 5.41) is 38.9. The maximum Gasteiger partial charge on any atom is 0.243 e. The third kappa shape index (κ3) is 7.79. The van der Waals surface area contributed by atoms with E-state index >= 15 is 0 Å². The lowest BCUT2D eigenvalue weighted by Crippen LogP contribution is -2.48. The number of carbonyl (C=O) groups excluding carboxylic acids is 2. The Balaban J connectivity index is 0.832. The van der Waals surface area contributed by atoms with Gasteiger partial charge in [-0.15, -0.1) is 32.9 Å². The number of aliphatic hydroxyl groups is 1. The number of aliphatic hydroxyl groups excluding tert-OH is 1. The second kappa shape index (κ2) is 16.7. The Bertz CT molecular complexity index is 2510. The summed E-state index contributed by atoms with van der Waals surface area (Å²) in [4.78, 5) is 42.2. The molecule has 3 N–H and O–H groups in total. The Hall–Kier alpha value is -5.22. The summed E-state index contributed by atoms with van der Waals surface area (Å²) in [7, 11) is 0. The van der Waals surface area contributed by atoms with Crippen LogP contribution in [0.1, 0.15) is 79.5 Å². The molecule has 0 saturated carbocycles. The minimum absolute atomic E-state index is 0.0796. The molecule has 0 unspecified atom stereocenters. The van der Waals surface area contributed by atoms with E-state index in [1.807, 2.05) is 75.7 Å². The lowest BCUT2D eigenvalue weighted by molar-refractivity contribution is -0.141. The number of aromatic nitrogens is 4. The van der Waals surface area contributed by atoms with Gasteiger partial charge in [0.05, 0.1) is 33.9 Å². The van der Waals surface area contributed by atoms with Crippen LogP contribution < -0.4 is 10.2 Å². The van der Waals surface area contributed by atoms with E-state index in [0.717, 1.165) is 77.4 Å². The number of phenolic OH excluding ortho intramolecular Hbond substituents is 1. The molecule has 0 bridgehead atoms. The van der Waals surface area contributed by atoms with Gasteiger partial charge < -0.3 is 29.9 Å². The van der Waals surface area contributed by atoms with Crippen LogP contribution in [0, 0.1) is 12.8 Å². The van der Waals surface area contributed by atoms with Crippen LogP contribution >= 0.6 is 22.7 Å². The number of hydrogen-bond acceptors (Lipinski definition) is 13. The molecular weight excluding hydrogens is 797 g/mol. The van der Waals surface area contributed by atoms with Crippen molar-refractivity contribution in [3.8, 4) is 27.4 Å². The van der Waals surface area contributed by atoms with Crippen molar-refractivity contribution in [2.75, 3.05) is 31.1 Å². The molecule has 2 fully saturated rings. The van der Waals surface area contributed by atoms with Gasteiger partial charge in [-0.2, -0.15) is 0 Å². The number of carbonyl (C=O) groups is 2. The van der Waals surface area contributed by atoms with Crippen molar-refractivity contribution < 1.29 is 24.3 Å². The molecule has 0 aliphatic carbocycles. The van der Waals surface area contributed by atoms with Crippen LogP contribution in [0.2, 0.25) is 0 Å². The highest BCUT2D eigenvalue weighted by atomic mass is 32.1. The highest BCUT2D eigenvalue weighted by Gasteiger charge is 2.44. The standard InChI is InChI=1S/C45H50N8O5S2/c1-25(2)41(45(57)53-22-31(54)19-36(53)43(56)47-26(3)28-9-11-29(12-10-28)42-27(4)46-24-59-42)38-21-40(50-58-38)51-16-13-30(14-17-51)52-18-15-39-34(23-52)33-20-35(48-49-44(33)60-39)32-7-5-6-8-37(32)55/h5-12,20-21,24-26,30-31,36,41,54-55H,13-19,22-23H2,1-4H3,(H,47,56)/t26-,31+,36-,41+/m0/s1. The van der Waals surface area contributed by atoms with Crippen LogP contribution in [0.4, 0.5) is 5.82 Å². The summed E-state index contributed by atoms with van der Waals surface area (Å²) in [6, 6.07) is 18.6. The monoisotopic (exact) mass is 846 g/mol. The Labute approximate surface area is 357 Å². The van der Waals surface area contributed by atoms with Gasteiger partial charge in [0.1, 0.15) is 22.5 Å². The van der Waals surface area contributed by atoms with E-state index in [-0.39, 0.29) is 42.5 Å². The third-order valence-corrected chi connectivity index (χ3v) is 14.7. The molecule has 2 saturated heterocycles. The number of nitrogens with zero attached hydrogens (tertiary/aromatic N) is 7. The molecule has 2 amide bonds. The van der Waals surface area contributed by atoms with Gasteiger partial charge in [-0.3, -0.25) is 14.5 Å². The van der Waals surface area contributed by atoms with Gasteiger partial charge in [0.25, 0.3) is 0 Å². The highest BCUT2D eigenvalue weighted by molar-refractivity contribution is 7.18. The minimum Gasteiger partial charge on any atom is -0.507 e. The molecule has 0 radical (unpaired) electrons. The predicted octanol–water partition coefficient (Wildman–Crippen LogP) is 7.09. The molecular formula is C45H50N8O5S2. The number of amides is 2. The fourth-order valence-corrected chi connectivity index (χ4v) is 11.1. The highest BCUT2D eigenvalue weighted by Crippen LogP contribution is 2.39. The number of benzene rings is 2. The molecule has 7 heterocycles. The first kappa shape index (κ1) is 40.2. The van der Waals surface area contributed by atoms with Gasteiger partial charge in [0.15, 0.2) is 11.6 Å². The maximum absolute atomic E-state index is 14.3. The average Bonchev–Trinajstić information content (AvgIpc) is 4.07. The molecule has 4 aromatic heterocycles. The van der Waals surface area contributed by atoms with Gasteiger partial charge in [-0.1, -0.05) is 55.4 Å². The van der Waals surface area contributed by atoms with Crippen molar-refractivity contribution in [2.24, 2.45) is 5.92 Å². The summed E-state index contributed by atoms with van der Waals surface area (Å²) >= 11 is 3.32. The lowest BCUT2D eigenvalue weighted by Gasteiger charge is -2.40. The molecule has 15 heteroatoms. The van der Waals surface area contributed by atoms with E-state index in [1.165, 1.54) is 15.3 Å². The fourth-order valence-electron chi connectivity index (χ4n) is 9.19. The predicted molar refractivity (Wildman–Crippen MR) is 233 cm³/mol. The van der Waals surface area contributed by atoms with E-state index in [0.29, 0.717) is 28.9 Å². The third-order valence-electron chi connectivity index (χ3n) is 12.5.